The summed E-state index contributed by atoms with van der Waals surface area (Å²) in [4.78, 5) is 28.2. The van der Waals surface area contributed by atoms with Gasteiger partial charge in [-0.15, -0.1) is 0 Å². The van der Waals surface area contributed by atoms with E-state index in [2.05, 4.69) is 20.8 Å². The highest BCUT2D eigenvalue weighted by Gasteiger charge is 2.18. The minimum atomic E-state index is -0.380. The Bertz CT molecular complexity index is 1360. The maximum Gasteiger partial charge on any atom is 0.273 e. The summed E-state index contributed by atoms with van der Waals surface area (Å²) in [5.74, 6) is 0.323. The van der Waals surface area contributed by atoms with Crippen LogP contribution >= 0.6 is 11.6 Å². The van der Waals surface area contributed by atoms with Gasteiger partial charge in [0.05, 0.1) is 0 Å². The van der Waals surface area contributed by atoms with E-state index in [9.17, 15) is 4.79 Å². The Morgan fingerprint density at radius 3 is 2.27 bits per heavy atom. The largest absolute Gasteiger partial charge is 0.486 e. The van der Waals surface area contributed by atoms with Gasteiger partial charge >= 0.3 is 0 Å². The van der Waals surface area contributed by atoms with Gasteiger partial charge in [0.1, 0.15) is 43.6 Å². The van der Waals surface area contributed by atoms with Crippen LogP contribution in [-0.4, -0.2) is 43.8 Å². The second-order valence-electron chi connectivity index (χ2n) is 8.50. The maximum absolute atomic E-state index is 12.3. The van der Waals surface area contributed by atoms with E-state index in [4.69, 9.17) is 30.9 Å². The molecule has 0 aliphatic carbocycles. The van der Waals surface area contributed by atoms with Crippen LogP contribution < -0.4 is 10.1 Å². The first-order chi connectivity index (χ1) is 19.4. The number of carbonyl (C=O) groups excluding carboxylic acids is 1. The Morgan fingerprint density at radius 2 is 1.62 bits per heavy atom. The van der Waals surface area contributed by atoms with Crippen molar-refractivity contribution in [1.82, 2.24) is 5.32 Å². The third-order valence-corrected chi connectivity index (χ3v) is 5.98. The van der Waals surface area contributed by atoms with Gasteiger partial charge in [-0.05, 0) is 62.7 Å². The van der Waals surface area contributed by atoms with Crippen molar-refractivity contribution in [2.24, 2.45) is 15.5 Å². The Morgan fingerprint density at radius 1 is 0.925 bits per heavy atom. The molecule has 3 rings (SSSR count). The number of nitrogens with one attached hydrogen (secondary N) is 1. The van der Waals surface area contributed by atoms with Crippen LogP contribution in [0.15, 0.2) is 88.3 Å². The minimum Gasteiger partial charge on any atom is -0.486 e. The lowest BCUT2D eigenvalue weighted by Gasteiger charge is -2.16. The fourth-order valence-corrected chi connectivity index (χ4v) is 3.82. The van der Waals surface area contributed by atoms with Crippen LogP contribution in [0.3, 0.4) is 0 Å². The zero-order chi connectivity index (χ0) is 28.9. The first kappa shape index (κ1) is 30.2. The molecule has 1 amide bonds. The summed E-state index contributed by atoms with van der Waals surface area (Å²) in [6.45, 7) is 6.08. The van der Waals surface area contributed by atoms with Crippen molar-refractivity contribution in [2.75, 3.05) is 20.8 Å². The normalized spacial score (nSPS) is 12.9. The molecule has 10 heteroatoms. The summed E-state index contributed by atoms with van der Waals surface area (Å²) < 4.78 is 6.09. The Balaban J connectivity index is 1.75. The average Bonchev–Trinajstić information content (AvgIpc) is 2.97. The molecule has 0 aliphatic rings. The highest BCUT2D eigenvalue weighted by atomic mass is 35.5. The first-order valence-corrected chi connectivity index (χ1v) is 13.1. The number of benzene rings is 3. The average molecular weight is 565 g/mol. The van der Waals surface area contributed by atoms with Gasteiger partial charge in [0.15, 0.2) is 5.71 Å². The summed E-state index contributed by atoms with van der Waals surface area (Å²) in [6.07, 6.45) is -0.155. The Labute approximate surface area is 239 Å². The molecule has 1 atom stereocenters. The van der Waals surface area contributed by atoms with Gasteiger partial charge in [-0.25, -0.2) is 0 Å². The fourth-order valence-electron chi connectivity index (χ4n) is 3.70. The molecule has 0 radical (unpaired) electrons. The summed E-state index contributed by atoms with van der Waals surface area (Å²) in [7, 11) is 2.91. The predicted molar refractivity (Wildman–Crippen MR) is 157 cm³/mol. The summed E-state index contributed by atoms with van der Waals surface area (Å²) in [5, 5.41) is 15.6. The van der Waals surface area contributed by atoms with E-state index in [0.29, 0.717) is 39.9 Å². The molecular weight excluding hydrogens is 532 g/mol. The second-order valence-corrected chi connectivity index (χ2v) is 8.94. The number of carbonyl (C=O) groups is 1. The summed E-state index contributed by atoms with van der Waals surface area (Å²) in [6, 6.07) is 22.3. The van der Waals surface area contributed by atoms with Gasteiger partial charge < -0.3 is 24.6 Å². The van der Waals surface area contributed by atoms with Gasteiger partial charge in [0.25, 0.3) is 5.91 Å². The molecule has 3 aromatic carbocycles. The lowest BCUT2D eigenvalue weighted by atomic mass is 10.0. The summed E-state index contributed by atoms with van der Waals surface area (Å²) in [5.41, 5.74) is 4.23. The van der Waals surface area contributed by atoms with Crippen LogP contribution in [0.1, 0.15) is 49.1 Å². The molecule has 0 bridgehead atoms. The fraction of sp³-hybridized carbons (Fsp3) is 0.267. The van der Waals surface area contributed by atoms with Crippen LogP contribution in [0, 0.1) is 0 Å². The third kappa shape index (κ3) is 8.31. The van der Waals surface area contributed by atoms with Crippen molar-refractivity contribution in [3.8, 4) is 5.75 Å². The van der Waals surface area contributed by atoms with Gasteiger partial charge in [-0.3, -0.25) is 4.79 Å². The van der Waals surface area contributed by atoms with Crippen LogP contribution in [0.5, 0.6) is 5.75 Å². The van der Waals surface area contributed by atoms with Crippen molar-refractivity contribution in [1.29, 1.82) is 0 Å². The number of hydrogen-bond acceptors (Lipinski definition) is 8. The van der Waals surface area contributed by atoms with Gasteiger partial charge in [0, 0.05) is 28.8 Å². The number of oxime groups is 3. The van der Waals surface area contributed by atoms with Gasteiger partial charge in [-0.2, -0.15) is 0 Å². The molecule has 0 fully saturated rings. The van der Waals surface area contributed by atoms with E-state index < -0.39 is 0 Å². The van der Waals surface area contributed by atoms with Gasteiger partial charge in [-0.1, -0.05) is 63.5 Å². The zero-order valence-corrected chi connectivity index (χ0v) is 23.9. The van der Waals surface area contributed by atoms with E-state index >= 15 is 0 Å². The molecule has 0 spiro atoms. The van der Waals surface area contributed by atoms with E-state index in [1.54, 1.807) is 19.1 Å². The van der Waals surface area contributed by atoms with E-state index in [1.807, 2.05) is 74.5 Å². The number of ether oxygens (including phenoxy) is 1. The number of likely N-dealkylation sites (N-methyl/N-ethyl adjacent to an activating group) is 1. The number of halogens is 1. The molecule has 9 nitrogen and oxygen atoms in total. The van der Waals surface area contributed by atoms with Crippen LogP contribution in [-0.2, 0) is 25.9 Å². The minimum absolute atomic E-state index is 0.0878. The molecule has 1 unspecified atom stereocenters. The second kappa shape index (κ2) is 15.3. The molecule has 1 N–H and O–H groups in total. The van der Waals surface area contributed by atoms with Crippen molar-refractivity contribution in [3.05, 3.63) is 100 Å². The number of nitrogens with zero attached hydrogens (tertiary/aromatic N) is 3. The van der Waals surface area contributed by atoms with E-state index in [1.165, 1.54) is 14.2 Å². The van der Waals surface area contributed by atoms with Crippen LogP contribution in [0.25, 0.3) is 0 Å². The smallest absolute Gasteiger partial charge is 0.273 e. The molecule has 0 saturated carbocycles. The Kier molecular flexibility index (Phi) is 11.5. The third-order valence-electron chi connectivity index (χ3n) is 5.73. The molecule has 210 valence electrons. The maximum atomic E-state index is 12.3. The monoisotopic (exact) mass is 564 g/mol. The lowest BCUT2D eigenvalue weighted by molar-refractivity contribution is -0.114. The van der Waals surface area contributed by atoms with Gasteiger partial charge in [0.2, 0.25) is 0 Å². The van der Waals surface area contributed by atoms with Crippen molar-refractivity contribution >= 4 is 34.6 Å². The standard InChI is InChI=1S/C30H33ClN4O5/c1-6-38-35-28(23-13-17-26(18-14-23)40-21(3)22-11-15-25(31)16-12-22)20(2)33-39-19-24-9-7-8-10-27(24)29(34-37-5)30(36)32-4/h7-18,21H,6,19H2,1-5H3,(H,32,36)/b33-20+,34-29+,35-28-. The summed E-state index contributed by atoms with van der Waals surface area (Å²) >= 11 is 5.99. The van der Waals surface area contributed by atoms with Crippen LogP contribution in [0.4, 0.5) is 0 Å². The van der Waals surface area contributed by atoms with Crippen molar-refractivity contribution < 1.29 is 24.0 Å². The molecule has 0 aromatic heterocycles. The van der Waals surface area contributed by atoms with E-state index in [0.717, 1.165) is 11.1 Å². The van der Waals surface area contributed by atoms with E-state index in [-0.39, 0.29) is 24.3 Å². The predicted octanol–water partition coefficient (Wildman–Crippen LogP) is 5.91. The molecular formula is C30H33ClN4O5. The van der Waals surface area contributed by atoms with Crippen molar-refractivity contribution in [3.63, 3.8) is 0 Å². The number of hydrogen-bond donors (Lipinski definition) is 1. The number of amides is 1. The lowest BCUT2D eigenvalue weighted by Crippen LogP contribution is -2.29. The van der Waals surface area contributed by atoms with Crippen molar-refractivity contribution in [2.45, 2.75) is 33.5 Å². The zero-order valence-electron chi connectivity index (χ0n) is 23.2. The highest BCUT2D eigenvalue weighted by Crippen LogP contribution is 2.24. The Hall–Kier alpha value is -4.37. The topological polar surface area (TPSA) is 103 Å². The molecule has 0 heterocycles. The molecule has 40 heavy (non-hydrogen) atoms. The quantitative estimate of drug-likeness (QED) is 0.205. The molecule has 3 aromatic rings. The highest BCUT2D eigenvalue weighted by molar-refractivity contribution is 6.47. The molecule has 0 aliphatic heterocycles. The SMILES string of the molecule is CCO/N=C(/C(C)=N/OCc1ccccc1/C(=N\OC)C(=O)NC)c1ccc(OC(C)c2ccc(Cl)cc2)cc1. The number of rotatable bonds is 13. The van der Waals surface area contributed by atoms with Crippen LogP contribution in [0.2, 0.25) is 5.02 Å². The first-order valence-electron chi connectivity index (χ1n) is 12.7. The molecule has 0 saturated heterocycles.